The first-order valence-electron chi connectivity index (χ1n) is 6.28. The molecule has 112 valence electrons. The first-order chi connectivity index (χ1) is 10.0. The zero-order chi connectivity index (χ0) is 15.3. The molecule has 0 saturated carbocycles. The number of sulfonamides is 1. The van der Waals surface area contributed by atoms with Crippen molar-refractivity contribution in [1.82, 2.24) is 0 Å². The first kappa shape index (κ1) is 15.5. The topological polar surface area (TPSA) is 72.8 Å². The average Bonchev–Trinajstić information content (AvgIpc) is 2.48. The highest BCUT2D eigenvalue weighted by Gasteiger charge is 2.12. The SMILES string of the molecule is CCc1ccc(O/[SH](=O)=N\S(=O)(=O)c2ccccc2)cc1. The van der Waals surface area contributed by atoms with Crippen molar-refractivity contribution in [3.63, 3.8) is 0 Å². The predicted molar refractivity (Wildman–Crippen MR) is 82.0 cm³/mol. The third-order valence-electron chi connectivity index (χ3n) is 2.73. The van der Waals surface area contributed by atoms with E-state index in [4.69, 9.17) is 4.18 Å². The Bertz CT molecular complexity index is 777. The second kappa shape index (κ2) is 6.73. The van der Waals surface area contributed by atoms with E-state index >= 15 is 0 Å². The summed E-state index contributed by atoms with van der Waals surface area (Å²) in [5.74, 6) is 0.320. The van der Waals surface area contributed by atoms with Gasteiger partial charge in [-0.1, -0.05) is 41.0 Å². The van der Waals surface area contributed by atoms with Crippen LogP contribution in [-0.2, 0) is 27.3 Å². The molecule has 0 radical (unpaired) electrons. The van der Waals surface area contributed by atoms with E-state index < -0.39 is 20.9 Å². The minimum atomic E-state index is -3.98. The van der Waals surface area contributed by atoms with Crippen LogP contribution in [0.25, 0.3) is 0 Å². The third-order valence-corrected chi connectivity index (χ3v) is 5.36. The second-order valence-electron chi connectivity index (χ2n) is 4.20. The normalized spacial score (nSPS) is 13.0. The Morgan fingerprint density at radius 3 is 2.24 bits per heavy atom. The monoisotopic (exact) mass is 325 g/mol. The molecule has 0 bridgehead atoms. The van der Waals surface area contributed by atoms with Gasteiger partial charge in [0.2, 0.25) is 10.9 Å². The van der Waals surface area contributed by atoms with Gasteiger partial charge < -0.3 is 4.18 Å². The first-order valence-corrected chi connectivity index (χ1v) is 8.85. The molecule has 0 spiro atoms. The summed E-state index contributed by atoms with van der Waals surface area (Å²) in [5, 5.41) is 0. The average molecular weight is 325 g/mol. The van der Waals surface area contributed by atoms with Gasteiger partial charge in [0.25, 0.3) is 10.0 Å². The molecule has 0 heterocycles. The fourth-order valence-electron chi connectivity index (χ4n) is 1.62. The van der Waals surface area contributed by atoms with Gasteiger partial charge in [-0.2, -0.15) is 8.42 Å². The molecular formula is C14H15NO4S2. The van der Waals surface area contributed by atoms with Crippen LogP contribution in [0.5, 0.6) is 5.75 Å². The maximum absolute atomic E-state index is 11.9. The molecule has 0 saturated heterocycles. The molecule has 7 heteroatoms. The number of benzene rings is 2. The van der Waals surface area contributed by atoms with E-state index in [1.54, 1.807) is 30.3 Å². The molecule has 2 aromatic carbocycles. The van der Waals surface area contributed by atoms with Crippen LogP contribution < -0.4 is 4.18 Å². The Kier molecular flexibility index (Phi) is 4.98. The molecular weight excluding hydrogens is 310 g/mol. The van der Waals surface area contributed by atoms with Crippen molar-refractivity contribution in [3.8, 4) is 5.75 Å². The van der Waals surface area contributed by atoms with Crippen LogP contribution in [0.1, 0.15) is 12.5 Å². The van der Waals surface area contributed by atoms with Crippen LogP contribution in [0.15, 0.2) is 63.3 Å². The Morgan fingerprint density at radius 2 is 1.67 bits per heavy atom. The van der Waals surface area contributed by atoms with E-state index in [0.717, 1.165) is 12.0 Å². The molecule has 1 unspecified atom stereocenters. The highest BCUT2D eigenvalue weighted by Crippen LogP contribution is 2.15. The lowest BCUT2D eigenvalue weighted by Gasteiger charge is -2.02. The highest BCUT2D eigenvalue weighted by atomic mass is 32.3. The summed E-state index contributed by atoms with van der Waals surface area (Å²) < 4.78 is 43.9. The largest absolute Gasteiger partial charge is 0.397 e. The summed E-state index contributed by atoms with van der Waals surface area (Å²) in [4.78, 5) is -0.0155. The molecule has 0 N–H and O–H groups in total. The molecule has 1 atom stereocenters. The van der Waals surface area contributed by atoms with Gasteiger partial charge in [0, 0.05) is 0 Å². The van der Waals surface area contributed by atoms with Crippen molar-refractivity contribution >= 4 is 20.9 Å². The van der Waals surface area contributed by atoms with E-state index in [9.17, 15) is 12.6 Å². The van der Waals surface area contributed by atoms with Crippen LogP contribution in [-0.4, -0.2) is 12.6 Å². The molecule has 5 nitrogen and oxygen atoms in total. The maximum atomic E-state index is 11.9. The number of thiol groups is 1. The predicted octanol–water partition coefficient (Wildman–Crippen LogP) is 2.60. The highest BCUT2D eigenvalue weighted by molar-refractivity contribution is 7.95. The summed E-state index contributed by atoms with van der Waals surface area (Å²) >= 11 is 0. The second-order valence-corrected chi connectivity index (χ2v) is 6.93. The zero-order valence-corrected chi connectivity index (χ0v) is 13.0. The lowest BCUT2D eigenvalue weighted by Crippen LogP contribution is -2.00. The summed E-state index contributed by atoms with van der Waals surface area (Å²) in [6, 6.07) is 14.5. The van der Waals surface area contributed by atoms with Crippen LogP contribution in [0.4, 0.5) is 0 Å². The van der Waals surface area contributed by atoms with Crippen LogP contribution in [0.3, 0.4) is 0 Å². The summed E-state index contributed by atoms with van der Waals surface area (Å²) in [6.45, 7) is 2.01. The third kappa shape index (κ3) is 4.30. The lowest BCUT2D eigenvalue weighted by molar-refractivity contribution is 0.569. The number of hydrogen-bond donors (Lipinski definition) is 1. The molecule has 0 aromatic heterocycles. The smallest absolute Gasteiger partial charge is 0.292 e. The van der Waals surface area contributed by atoms with Crippen molar-refractivity contribution in [2.45, 2.75) is 18.2 Å². The number of nitrogens with zero attached hydrogens (tertiary/aromatic N) is 1. The Hall–Kier alpha value is -1.86. The molecule has 0 fully saturated rings. The van der Waals surface area contributed by atoms with Crippen molar-refractivity contribution < 1.29 is 16.8 Å². The van der Waals surface area contributed by atoms with Crippen LogP contribution in [0, 0.1) is 0 Å². The zero-order valence-electron chi connectivity index (χ0n) is 11.3. The molecule has 21 heavy (non-hydrogen) atoms. The van der Waals surface area contributed by atoms with E-state index in [2.05, 4.69) is 3.77 Å². The van der Waals surface area contributed by atoms with Gasteiger partial charge in [-0.25, -0.2) is 4.21 Å². The molecule has 0 aliphatic rings. The Labute approximate surface area is 126 Å². The van der Waals surface area contributed by atoms with Gasteiger partial charge in [-0.15, -0.1) is 0 Å². The summed E-state index contributed by atoms with van der Waals surface area (Å²) in [5.41, 5.74) is 1.10. The fraction of sp³-hybridized carbons (Fsp3) is 0.143. The van der Waals surface area contributed by atoms with Crippen molar-refractivity contribution in [2.75, 3.05) is 0 Å². The fourth-order valence-corrected chi connectivity index (χ4v) is 3.64. The minimum Gasteiger partial charge on any atom is -0.397 e. The van der Waals surface area contributed by atoms with Gasteiger partial charge in [0.15, 0.2) is 0 Å². The molecule has 0 aliphatic heterocycles. The maximum Gasteiger partial charge on any atom is 0.292 e. The van der Waals surface area contributed by atoms with E-state index in [1.807, 2.05) is 19.1 Å². The lowest BCUT2D eigenvalue weighted by atomic mass is 10.2. The van der Waals surface area contributed by atoms with E-state index in [1.165, 1.54) is 12.1 Å². The molecule has 2 aromatic rings. The van der Waals surface area contributed by atoms with Crippen molar-refractivity contribution in [1.29, 1.82) is 0 Å². The quantitative estimate of drug-likeness (QED) is 0.858. The number of rotatable bonds is 5. The van der Waals surface area contributed by atoms with E-state index in [0.29, 0.717) is 5.75 Å². The van der Waals surface area contributed by atoms with Crippen LogP contribution >= 0.6 is 0 Å². The van der Waals surface area contributed by atoms with Gasteiger partial charge in [0.1, 0.15) is 5.75 Å². The van der Waals surface area contributed by atoms with Gasteiger partial charge in [0.05, 0.1) is 4.90 Å². The van der Waals surface area contributed by atoms with E-state index in [-0.39, 0.29) is 4.90 Å². The van der Waals surface area contributed by atoms with Crippen molar-refractivity contribution in [3.05, 3.63) is 60.2 Å². The Morgan fingerprint density at radius 1 is 1.05 bits per heavy atom. The van der Waals surface area contributed by atoms with Gasteiger partial charge in [-0.05, 0) is 36.2 Å². The molecule has 0 aliphatic carbocycles. The summed E-state index contributed by atoms with van der Waals surface area (Å²) in [6.07, 6.45) is 0.874. The number of aryl methyl sites for hydroxylation is 1. The standard InChI is InChI=1S/C14H15NO4S2/c1-2-12-8-10-13(11-9-12)19-20(16)15-21(17,18)14-6-4-3-5-7-14/h3-11,20H,2H2,1H3. The molecule has 0 amide bonds. The van der Waals surface area contributed by atoms with Crippen molar-refractivity contribution in [2.24, 2.45) is 3.77 Å². The van der Waals surface area contributed by atoms with Gasteiger partial charge >= 0.3 is 0 Å². The minimum absolute atomic E-state index is 0.0155. The molecule has 2 rings (SSSR count). The number of hydrogen-bond acceptors (Lipinski definition) is 4. The summed E-state index contributed by atoms with van der Waals surface area (Å²) in [7, 11) is -6.67. The van der Waals surface area contributed by atoms with Gasteiger partial charge in [-0.3, -0.25) is 0 Å². The van der Waals surface area contributed by atoms with Crippen LogP contribution in [0.2, 0.25) is 0 Å². The Balaban J connectivity index is 2.19.